The number of ether oxygens (including phenoxy) is 2. The average Bonchev–Trinajstić information content (AvgIpc) is 3.46. The van der Waals surface area contributed by atoms with Crippen molar-refractivity contribution in [2.45, 2.75) is 25.1 Å². The van der Waals surface area contributed by atoms with Gasteiger partial charge in [-0.1, -0.05) is 0 Å². The van der Waals surface area contributed by atoms with Crippen LogP contribution in [0.25, 0.3) is 5.69 Å². The maximum absolute atomic E-state index is 13.2. The Bertz CT molecular complexity index is 1030. The van der Waals surface area contributed by atoms with E-state index in [2.05, 4.69) is 15.4 Å². The number of hydrogen-bond acceptors (Lipinski definition) is 5. The Balaban J connectivity index is 1.50. The molecule has 1 fully saturated rings. The van der Waals surface area contributed by atoms with E-state index in [0.29, 0.717) is 12.4 Å². The standard InChI is InChI=1S/C21H19F3N4O3/c22-21(23,24)15-5-8-19(28-13-25-12-26-28)18(10-15)27-20(29)14-3-6-16(7-4-14)31-11-17-2-1-9-30-17/h3-8,10,12-13,17H,1-2,9,11H2,(H,27,29)/t17-/m1/s1. The summed E-state index contributed by atoms with van der Waals surface area (Å²) >= 11 is 0. The minimum atomic E-state index is -4.55. The van der Waals surface area contributed by atoms with E-state index < -0.39 is 17.6 Å². The highest BCUT2D eigenvalue weighted by molar-refractivity contribution is 6.05. The van der Waals surface area contributed by atoms with Crippen LogP contribution < -0.4 is 10.1 Å². The maximum atomic E-state index is 13.2. The number of nitrogens with zero attached hydrogens (tertiary/aromatic N) is 3. The number of aromatic nitrogens is 3. The minimum absolute atomic E-state index is 0.0379. The molecule has 0 saturated carbocycles. The molecule has 3 aromatic rings. The summed E-state index contributed by atoms with van der Waals surface area (Å²) in [4.78, 5) is 16.5. The van der Waals surface area contributed by atoms with Gasteiger partial charge in [0.25, 0.3) is 5.91 Å². The normalized spacial score (nSPS) is 16.3. The number of carbonyl (C=O) groups is 1. The lowest BCUT2D eigenvalue weighted by Gasteiger charge is -2.15. The quantitative estimate of drug-likeness (QED) is 0.635. The Hall–Kier alpha value is -3.40. The molecule has 10 heteroatoms. The van der Waals surface area contributed by atoms with Gasteiger partial charge < -0.3 is 14.8 Å². The third-order valence-electron chi connectivity index (χ3n) is 4.81. The molecule has 1 amide bonds. The lowest BCUT2D eigenvalue weighted by molar-refractivity contribution is -0.137. The van der Waals surface area contributed by atoms with E-state index >= 15 is 0 Å². The lowest BCUT2D eigenvalue weighted by atomic mass is 10.1. The summed E-state index contributed by atoms with van der Waals surface area (Å²) in [5.41, 5.74) is -0.393. The number of benzene rings is 2. The van der Waals surface area contributed by atoms with Crippen LogP contribution in [0.3, 0.4) is 0 Å². The van der Waals surface area contributed by atoms with E-state index in [1.165, 1.54) is 23.4 Å². The second-order valence-electron chi connectivity index (χ2n) is 6.99. The van der Waals surface area contributed by atoms with Crippen molar-refractivity contribution in [2.75, 3.05) is 18.5 Å². The first-order chi connectivity index (χ1) is 14.9. The molecule has 162 valence electrons. The molecule has 31 heavy (non-hydrogen) atoms. The zero-order chi connectivity index (χ0) is 21.8. The predicted molar refractivity (Wildman–Crippen MR) is 105 cm³/mol. The highest BCUT2D eigenvalue weighted by Gasteiger charge is 2.31. The second kappa shape index (κ2) is 8.76. The predicted octanol–water partition coefficient (Wildman–Crippen LogP) is 4.10. The van der Waals surface area contributed by atoms with Gasteiger partial charge in [0.05, 0.1) is 23.0 Å². The van der Waals surface area contributed by atoms with Crippen LogP contribution in [-0.4, -0.2) is 40.0 Å². The van der Waals surface area contributed by atoms with Crippen molar-refractivity contribution < 1.29 is 27.4 Å². The van der Waals surface area contributed by atoms with Crippen LogP contribution >= 0.6 is 0 Å². The van der Waals surface area contributed by atoms with Crippen LogP contribution in [0.2, 0.25) is 0 Å². The van der Waals surface area contributed by atoms with Crippen molar-refractivity contribution in [3.8, 4) is 11.4 Å². The number of amides is 1. The molecule has 7 nitrogen and oxygen atoms in total. The Kier molecular flexibility index (Phi) is 5.90. The number of alkyl halides is 3. The number of carbonyl (C=O) groups excluding carboxylic acids is 1. The third kappa shape index (κ3) is 5.02. The molecule has 0 bridgehead atoms. The van der Waals surface area contributed by atoms with Gasteiger partial charge in [-0.25, -0.2) is 9.67 Å². The first kappa shape index (κ1) is 20.9. The molecule has 1 aromatic heterocycles. The summed E-state index contributed by atoms with van der Waals surface area (Å²) in [6.45, 7) is 1.16. The fourth-order valence-corrected chi connectivity index (χ4v) is 3.21. The summed E-state index contributed by atoms with van der Waals surface area (Å²) in [6, 6.07) is 9.38. The molecule has 1 aliphatic heterocycles. The molecule has 0 unspecified atom stereocenters. The van der Waals surface area contributed by atoms with Gasteiger partial charge in [0.1, 0.15) is 25.0 Å². The number of rotatable bonds is 6. The summed E-state index contributed by atoms with van der Waals surface area (Å²) in [5, 5.41) is 6.47. The molecule has 1 N–H and O–H groups in total. The summed E-state index contributed by atoms with van der Waals surface area (Å²) in [5.74, 6) is 0.0146. The molecule has 1 saturated heterocycles. The smallest absolute Gasteiger partial charge is 0.416 e. The van der Waals surface area contributed by atoms with E-state index in [1.54, 1.807) is 24.3 Å². The molecule has 0 aliphatic carbocycles. The molecule has 2 heterocycles. The van der Waals surface area contributed by atoms with Crippen molar-refractivity contribution in [1.29, 1.82) is 0 Å². The number of nitrogens with one attached hydrogen (secondary N) is 1. The first-order valence-corrected chi connectivity index (χ1v) is 9.62. The Morgan fingerprint density at radius 3 is 2.68 bits per heavy atom. The van der Waals surface area contributed by atoms with Gasteiger partial charge in [0, 0.05) is 12.2 Å². The minimum Gasteiger partial charge on any atom is -0.491 e. The SMILES string of the molecule is O=C(Nc1cc(C(F)(F)F)ccc1-n1cncn1)c1ccc(OC[C@H]2CCCO2)cc1. The van der Waals surface area contributed by atoms with Gasteiger partial charge in [-0.05, 0) is 55.3 Å². The van der Waals surface area contributed by atoms with Gasteiger partial charge in [-0.15, -0.1) is 0 Å². The van der Waals surface area contributed by atoms with E-state index in [1.807, 2.05) is 0 Å². The highest BCUT2D eigenvalue weighted by atomic mass is 19.4. The summed E-state index contributed by atoms with van der Waals surface area (Å²) in [7, 11) is 0. The van der Waals surface area contributed by atoms with Crippen molar-refractivity contribution in [3.05, 3.63) is 66.2 Å². The van der Waals surface area contributed by atoms with Gasteiger partial charge in [-0.2, -0.15) is 18.3 Å². The Labute approximate surface area is 175 Å². The van der Waals surface area contributed by atoms with Gasteiger partial charge in [-0.3, -0.25) is 4.79 Å². The molecule has 0 radical (unpaired) electrons. The maximum Gasteiger partial charge on any atom is 0.416 e. The van der Waals surface area contributed by atoms with Crippen molar-refractivity contribution in [1.82, 2.24) is 14.8 Å². The zero-order valence-corrected chi connectivity index (χ0v) is 16.3. The molecule has 2 aromatic carbocycles. The number of halogens is 3. The molecular formula is C21H19F3N4O3. The van der Waals surface area contributed by atoms with Crippen molar-refractivity contribution >= 4 is 11.6 Å². The molecule has 1 atom stereocenters. The van der Waals surface area contributed by atoms with Crippen LogP contribution in [-0.2, 0) is 10.9 Å². The third-order valence-corrected chi connectivity index (χ3v) is 4.81. The molecule has 0 spiro atoms. The first-order valence-electron chi connectivity index (χ1n) is 9.62. The van der Waals surface area contributed by atoms with Crippen LogP contribution in [0, 0.1) is 0 Å². The van der Waals surface area contributed by atoms with Gasteiger partial charge in [0.2, 0.25) is 0 Å². The van der Waals surface area contributed by atoms with Crippen LogP contribution in [0.15, 0.2) is 55.1 Å². The topological polar surface area (TPSA) is 78.3 Å². The zero-order valence-electron chi connectivity index (χ0n) is 16.3. The van der Waals surface area contributed by atoms with Crippen LogP contribution in [0.5, 0.6) is 5.75 Å². The van der Waals surface area contributed by atoms with E-state index in [4.69, 9.17) is 9.47 Å². The lowest BCUT2D eigenvalue weighted by Crippen LogP contribution is -2.17. The second-order valence-corrected chi connectivity index (χ2v) is 6.99. The van der Waals surface area contributed by atoms with Gasteiger partial charge >= 0.3 is 6.18 Å². The fourth-order valence-electron chi connectivity index (χ4n) is 3.21. The van der Waals surface area contributed by atoms with E-state index in [9.17, 15) is 18.0 Å². The Morgan fingerprint density at radius 2 is 2.03 bits per heavy atom. The van der Waals surface area contributed by atoms with Crippen LogP contribution in [0.4, 0.5) is 18.9 Å². The summed E-state index contributed by atoms with van der Waals surface area (Å²) in [6.07, 6.45) is 0.0590. The number of anilines is 1. The average molecular weight is 432 g/mol. The van der Waals surface area contributed by atoms with E-state index in [0.717, 1.165) is 31.6 Å². The monoisotopic (exact) mass is 432 g/mol. The van der Waals surface area contributed by atoms with Gasteiger partial charge in [0.15, 0.2) is 0 Å². The molecule has 1 aliphatic rings. The largest absolute Gasteiger partial charge is 0.491 e. The molecular weight excluding hydrogens is 413 g/mol. The van der Waals surface area contributed by atoms with Crippen molar-refractivity contribution in [3.63, 3.8) is 0 Å². The summed E-state index contributed by atoms with van der Waals surface area (Å²) < 4.78 is 51.9. The van der Waals surface area contributed by atoms with Crippen LogP contribution in [0.1, 0.15) is 28.8 Å². The number of hydrogen-bond donors (Lipinski definition) is 1. The van der Waals surface area contributed by atoms with E-state index in [-0.39, 0.29) is 23.0 Å². The fraction of sp³-hybridized carbons (Fsp3) is 0.286. The highest BCUT2D eigenvalue weighted by Crippen LogP contribution is 2.33. The Morgan fingerprint density at radius 1 is 1.23 bits per heavy atom. The van der Waals surface area contributed by atoms with Crippen molar-refractivity contribution in [2.24, 2.45) is 0 Å². The molecule has 4 rings (SSSR count).